The molecule has 5 heteroatoms. The lowest BCUT2D eigenvalue weighted by Gasteiger charge is -2.18. The van der Waals surface area contributed by atoms with Crippen molar-refractivity contribution in [3.8, 4) is 5.75 Å². The number of nitrogens with one attached hydrogen (secondary N) is 1. The molecule has 2 aromatic carbocycles. The topological polar surface area (TPSA) is 95.6 Å². The van der Waals surface area contributed by atoms with Crippen LogP contribution in [0.4, 0.5) is 0 Å². The summed E-state index contributed by atoms with van der Waals surface area (Å²) >= 11 is 0. The predicted octanol–water partition coefficient (Wildman–Crippen LogP) is 1.75. The Hall–Kier alpha value is -2.37. The second kappa shape index (κ2) is 7.76. The van der Waals surface area contributed by atoms with Crippen molar-refractivity contribution in [1.82, 2.24) is 5.32 Å². The predicted molar refractivity (Wildman–Crippen MR) is 89.2 cm³/mol. The van der Waals surface area contributed by atoms with E-state index < -0.39 is 12.0 Å². The average Bonchev–Trinajstić information content (AvgIpc) is 2.53. The van der Waals surface area contributed by atoms with E-state index in [0.717, 1.165) is 6.42 Å². The normalized spacial score (nSPS) is 13.5. The van der Waals surface area contributed by atoms with Gasteiger partial charge < -0.3 is 21.3 Å². The highest BCUT2D eigenvalue weighted by atomic mass is 16.3. The fourth-order valence-corrected chi connectivity index (χ4v) is 2.43. The maximum Gasteiger partial charge on any atom is 0.252 e. The maximum absolute atomic E-state index is 11.2. The summed E-state index contributed by atoms with van der Waals surface area (Å²) in [6.45, 7) is 2.39. The molecule has 1 amide bonds. The first-order valence-corrected chi connectivity index (χ1v) is 7.55. The van der Waals surface area contributed by atoms with Crippen molar-refractivity contribution in [1.29, 1.82) is 0 Å². The highest BCUT2D eigenvalue weighted by Crippen LogP contribution is 2.22. The molecular weight excluding hydrogens is 292 g/mol. The molecule has 2 atom stereocenters. The molecule has 0 fully saturated rings. The summed E-state index contributed by atoms with van der Waals surface area (Å²) in [5.74, 6) is -0.902. The van der Waals surface area contributed by atoms with Gasteiger partial charge in [0.2, 0.25) is 0 Å². The van der Waals surface area contributed by atoms with Gasteiger partial charge in [-0.25, -0.2) is 0 Å². The molecule has 0 saturated heterocycles. The third-order valence-corrected chi connectivity index (χ3v) is 3.72. The minimum Gasteiger partial charge on any atom is -0.507 e. The van der Waals surface area contributed by atoms with Crippen molar-refractivity contribution >= 4 is 5.91 Å². The van der Waals surface area contributed by atoms with Crippen LogP contribution in [0.25, 0.3) is 0 Å². The molecule has 0 bridgehead atoms. The smallest absolute Gasteiger partial charge is 0.252 e. The minimum absolute atomic E-state index is 0.0129. The number of nitrogens with two attached hydrogens (primary N) is 1. The van der Waals surface area contributed by atoms with Crippen molar-refractivity contribution in [3.05, 3.63) is 65.2 Å². The van der Waals surface area contributed by atoms with Crippen LogP contribution >= 0.6 is 0 Å². The van der Waals surface area contributed by atoms with Crippen LogP contribution in [0.5, 0.6) is 5.75 Å². The molecule has 5 N–H and O–H groups in total. The Balaban J connectivity index is 1.93. The van der Waals surface area contributed by atoms with E-state index >= 15 is 0 Å². The number of aliphatic hydroxyl groups is 1. The van der Waals surface area contributed by atoms with E-state index in [2.05, 4.69) is 17.4 Å². The van der Waals surface area contributed by atoms with Gasteiger partial charge in [-0.2, -0.15) is 0 Å². The van der Waals surface area contributed by atoms with E-state index in [1.807, 2.05) is 25.1 Å². The largest absolute Gasteiger partial charge is 0.507 e. The summed E-state index contributed by atoms with van der Waals surface area (Å²) in [5.41, 5.74) is 6.97. The van der Waals surface area contributed by atoms with Crippen molar-refractivity contribution in [2.45, 2.75) is 25.5 Å². The van der Waals surface area contributed by atoms with Gasteiger partial charge in [-0.05, 0) is 36.6 Å². The maximum atomic E-state index is 11.2. The van der Waals surface area contributed by atoms with Crippen LogP contribution in [0.15, 0.2) is 48.5 Å². The molecular formula is C18H22N2O3. The van der Waals surface area contributed by atoms with E-state index in [9.17, 15) is 15.0 Å². The number of primary amides is 1. The second-order valence-electron chi connectivity index (χ2n) is 5.66. The highest BCUT2D eigenvalue weighted by Gasteiger charge is 2.14. The van der Waals surface area contributed by atoms with Crippen LogP contribution in [-0.2, 0) is 6.42 Å². The lowest BCUT2D eigenvalue weighted by molar-refractivity contribution is 0.0997. The van der Waals surface area contributed by atoms with Crippen molar-refractivity contribution in [2.75, 3.05) is 6.54 Å². The Morgan fingerprint density at radius 2 is 1.91 bits per heavy atom. The van der Waals surface area contributed by atoms with Crippen LogP contribution in [0, 0.1) is 0 Å². The van der Waals surface area contributed by atoms with Crippen LogP contribution in [0.3, 0.4) is 0 Å². The number of carbonyl (C=O) groups excluding carboxylic acids is 1. The van der Waals surface area contributed by atoms with E-state index in [-0.39, 0.29) is 17.4 Å². The molecule has 0 saturated carbocycles. The van der Waals surface area contributed by atoms with Gasteiger partial charge in [-0.3, -0.25) is 4.79 Å². The fourth-order valence-electron chi connectivity index (χ4n) is 2.43. The summed E-state index contributed by atoms with van der Waals surface area (Å²) in [6.07, 6.45) is 0.0716. The van der Waals surface area contributed by atoms with E-state index in [0.29, 0.717) is 12.1 Å². The van der Waals surface area contributed by atoms with Gasteiger partial charge in [0.25, 0.3) is 5.91 Å². The van der Waals surface area contributed by atoms with Crippen LogP contribution in [-0.4, -0.2) is 28.7 Å². The van der Waals surface area contributed by atoms with Crippen LogP contribution < -0.4 is 11.1 Å². The summed E-state index contributed by atoms with van der Waals surface area (Å²) in [4.78, 5) is 11.2. The monoisotopic (exact) mass is 314 g/mol. The first-order valence-electron chi connectivity index (χ1n) is 7.55. The first kappa shape index (κ1) is 17.0. The Morgan fingerprint density at radius 1 is 1.22 bits per heavy atom. The third-order valence-electron chi connectivity index (χ3n) is 3.72. The van der Waals surface area contributed by atoms with Gasteiger partial charge in [0.05, 0.1) is 11.7 Å². The van der Waals surface area contributed by atoms with Gasteiger partial charge in [0.1, 0.15) is 5.75 Å². The standard InChI is InChI=1S/C18H22N2O3/c1-12(9-13-5-3-2-4-6-13)20-11-17(22)14-7-8-16(21)15(10-14)18(19)23/h2-8,10,12,17,20-22H,9,11H2,1H3,(H2,19,23)/t12?,17-/m0/s1. The summed E-state index contributed by atoms with van der Waals surface area (Å²) in [6, 6.07) is 14.7. The van der Waals surface area contributed by atoms with Gasteiger partial charge in [-0.1, -0.05) is 36.4 Å². The molecule has 0 aromatic heterocycles. The Morgan fingerprint density at radius 3 is 2.57 bits per heavy atom. The molecule has 122 valence electrons. The van der Waals surface area contributed by atoms with Crippen molar-refractivity contribution in [3.63, 3.8) is 0 Å². The molecule has 0 radical (unpaired) electrons. The summed E-state index contributed by atoms with van der Waals surface area (Å²) in [7, 11) is 0. The number of phenols is 1. The number of aliphatic hydroxyl groups excluding tert-OH is 1. The Bertz CT molecular complexity index is 659. The number of aromatic hydroxyl groups is 1. The van der Waals surface area contributed by atoms with Gasteiger partial charge in [0.15, 0.2) is 0 Å². The molecule has 0 aliphatic rings. The average molecular weight is 314 g/mol. The highest BCUT2D eigenvalue weighted by molar-refractivity contribution is 5.95. The number of rotatable bonds is 7. The quantitative estimate of drug-likeness (QED) is 0.626. The number of carbonyl (C=O) groups is 1. The minimum atomic E-state index is -0.785. The van der Waals surface area contributed by atoms with E-state index in [1.54, 1.807) is 6.07 Å². The summed E-state index contributed by atoms with van der Waals surface area (Å²) < 4.78 is 0. The molecule has 0 aliphatic carbocycles. The summed E-state index contributed by atoms with van der Waals surface area (Å²) in [5, 5.41) is 23.1. The van der Waals surface area contributed by atoms with Gasteiger partial charge >= 0.3 is 0 Å². The second-order valence-corrected chi connectivity index (χ2v) is 5.66. The van der Waals surface area contributed by atoms with Gasteiger partial charge in [0, 0.05) is 12.6 Å². The fraction of sp³-hybridized carbons (Fsp3) is 0.278. The Kier molecular flexibility index (Phi) is 5.73. The first-order chi connectivity index (χ1) is 11.0. The van der Waals surface area contributed by atoms with Crippen LogP contribution in [0.2, 0.25) is 0 Å². The lowest BCUT2D eigenvalue weighted by atomic mass is 10.0. The Labute approximate surface area is 135 Å². The van der Waals surface area contributed by atoms with Crippen LogP contribution in [0.1, 0.15) is 34.5 Å². The molecule has 0 aliphatic heterocycles. The molecule has 1 unspecified atom stereocenters. The molecule has 5 nitrogen and oxygen atoms in total. The SMILES string of the molecule is CC(Cc1ccccc1)NC[C@H](O)c1ccc(O)c(C(N)=O)c1. The molecule has 2 aromatic rings. The van der Waals surface area contributed by atoms with Crippen molar-refractivity contribution in [2.24, 2.45) is 5.73 Å². The number of amides is 1. The van der Waals surface area contributed by atoms with Gasteiger partial charge in [-0.15, -0.1) is 0 Å². The number of benzene rings is 2. The number of hydrogen-bond donors (Lipinski definition) is 4. The van der Waals surface area contributed by atoms with E-state index in [4.69, 9.17) is 5.73 Å². The number of hydrogen-bond acceptors (Lipinski definition) is 4. The third kappa shape index (κ3) is 4.81. The van der Waals surface area contributed by atoms with E-state index in [1.165, 1.54) is 17.7 Å². The zero-order valence-electron chi connectivity index (χ0n) is 13.1. The molecule has 2 rings (SSSR count). The molecule has 0 heterocycles. The van der Waals surface area contributed by atoms with Crippen molar-refractivity contribution < 1.29 is 15.0 Å². The molecule has 0 spiro atoms. The zero-order chi connectivity index (χ0) is 16.8. The lowest BCUT2D eigenvalue weighted by Crippen LogP contribution is -2.32. The molecule has 23 heavy (non-hydrogen) atoms. The zero-order valence-corrected chi connectivity index (χ0v) is 13.1.